The Morgan fingerprint density at radius 3 is 2.68 bits per heavy atom. The maximum atomic E-state index is 12.8. The molecule has 0 heterocycles. The van der Waals surface area contributed by atoms with Crippen LogP contribution in [0.15, 0.2) is 30.9 Å². The van der Waals surface area contributed by atoms with Gasteiger partial charge in [0.2, 0.25) is 0 Å². The van der Waals surface area contributed by atoms with Crippen molar-refractivity contribution in [3.63, 3.8) is 0 Å². The second kappa shape index (κ2) is 7.04. The van der Waals surface area contributed by atoms with Gasteiger partial charge in [0.15, 0.2) is 0 Å². The van der Waals surface area contributed by atoms with Gasteiger partial charge in [0.25, 0.3) is 0 Å². The minimum absolute atomic E-state index is 0.00835. The molecule has 0 atom stereocenters. The fourth-order valence-electron chi connectivity index (χ4n) is 1.48. The molecule has 106 valence electrons. The van der Waals surface area contributed by atoms with Crippen LogP contribution in [0.2, 0.25) is 0 Å². The molecule has 0 bridgehead atoms. The average Bonchev–Trinajstić information content (AvgIpc) is 2.34. The number of nitrogens with two attached hydrogens (primary N) is 1. The second-order valence-electron chi connectivity index (χ2n) is 3.92. The van der Waals surface area contributed by atoms with E-state index in [0.29, 0.717) is 19.8 Å². The number of halogens is 3. The molecule has 3 N–H and O–H groups in total. The molecule has 0 radical (unpaired) electrons. The third-order valence-corrected chi connectivity index (χ3v) is 2.38. The largest absolute Gasteiger partial charge is 0.418 e. The zero-order valence-electron chi connectivity index (χ0n) is 10.5. The summed E-state index contributed by atoms with van der Waals surface area (Å²) in [5.41, 5.74) is 4.70. The first-order chi connectivity index (χ1) is 8.95. The molecule has 0 aliphatic carbocycles. The Labute approximate surface area is 110 Å². The lowest BCUT2D eigenvalue weighted by Crippen LogP contribution is -2.15. The van der Waals surface area contributed by atoms with E-state index in [9.17, 15) is 13.2 Å². The van der Waals surface area contributed by atoms with Crippen LogP contribution in [0.1, 0.15) is 12.0 Å². The number of rotatable bonds is 7. The van der Waals surface area contributed by atoms with Crippen LogP contribution in [0.3, 0.4) is 0 Å². The van der Waals surface area contributed by atoms with E-state index in [1.807, 2.05) is 0 Å². The molecule has 0 aliphatic rings. The van der Waals surface area contributed by atoms with Gasteiger partial charge in [-0.15, -0.1) is 6.58 Å². The van der Waals surface area contributed by atoms with Gasteiger partial charge < -0.3 is 15.8 Å². The number of benzene rings is 1. The van der Waals surface area contributed by atoms with Gasteiger partial charge in [0.05, 0.1) is 18.8 Å². The van der Waals surface area contributed by atoms with E-state index in [1.165, 1.54) is 12.1 Å². The van der Waals surface area contributed by atoms with Crippen LogP contribution < -0.4 is 11.1 Å². The second-order valence-corrected chi connectivity index (χ2v) is 3.92. The van der Waals surface area contributed by atoms with Gasteiger partial charge in [-0.1, -0.05) is 6.08 Å². The number of nitrogen functional groups attached to an aromatic ring is 1. The molecule has 0 fully saturated rings. The SMILES string of the molecule is C=CCCOCCNc1ccc(N)cc1C(F)(F)F. The van der Waals surface area contributed by atoms with Gasteiger partial charge in [0, 0.05) is 17.9 Å². The van der Waals surface area contributed by atoms with E-state index < -0.39 is 11.7 Å². The summed E-state index contributed by atoms with van der Waals surface area (Å²) in [4.78, 5) is 0. The number of alkyl halides is 3. The molecular formula is C13H17F3N2O. The van der Waals surface area contributed by atoms with Crippen molar-refractivity contribution in [2.45, 2.75) is 12.6 Å². The van der Waals surface area contributed by atoms with Crippen molar-refractivity contribution < 1.29 is 17.9 Å². The first kappa shape index (κ1) is 15.4. The van der Waals surface area contributed by atoms with Gasteiger partial charge in [-0.25, -0.2) is 0 Å². The molecule has 0 saturated heterocycles. The standard InChI is InChI=1S/C13H17F3N2O/c1-2-3-7-19-8-6-18-12-5-4-10(17)9-11(12)13(14,15)16/h2,4-5,9,18H,1,3,6-8,17H2. The van der Waals surface area contributed by atoms with Crippen molar-refractivity contribution in [2.24, 2.45) is 0 Å². The molecular weight excluding hydrogens is 257 g/mol. The number of hydrogen-bond acceptors (Lipinski definition) is 3. The Hall–Kier alpha value is -1.69. The summed E-state index contributed by atoms with van der Waals surface area (Å²) in [6.07, 6.45) is -1.99. The van der Waals surface area contributed by atoms with Crippen LogP contribution in [0.4, 0.5) is 24.5 Å². The summed E-state index contributed by atoms with van der Waals surface area (Å²) < 4.78 is 43.5. The Morgan fingerprint density at radius 1 is 1.32 bits per heavy atom. The lowest BCUT2D eigenvalue weighted by atomic mass is 10.1. The molecule has 0 saturated carbocycles. The fraction of sp³-hybridized carbons (Fsp3) is 0.385. The molecule has 3 nitrogen and oxygen atoms in total. The van der Waals surface area contributed by atoms with Crippen molar-refractivity contribution in [3.8, 4) is 0 Å². The van der Waals surface area contributed by atoms with Gasteiger partial charge in [-0.2, -0.15) is 13.2 Å². The van der Waals surface area contributed by atoms with Crippen LogP contribution >= 0.6 is 0 Å². The highest BCUT2D eigenvalue weighted by molar-refractivity contribution is 5.59. The maximum absolute atomic E-state index is 12.8. The van der Waals surface area contributed by atoms with Crippen LogP contribution in [0, 0.1) is 0 Å². The van der Waals surface area contributed by atoms with Crippen LogP contribution in [-0.4, -0.2) is 19.8 Å². The van der Waals surface area contributed by atoms with E-state index in [-0.39, 0.29) is 11.4 Å². The van der Waals surface area contributed by atoms with Crippen molar-refractivity contribution in [1.29, 1.82) is 0 Å². The Bertz CT molecular complexity index is 419. The van der Waals surface area contributed by atoms with Crippen LogP contribution in [-0.2, 0) is 10.9 Å². The molecule has 1 rings (SSSR count). The van der Waals surface area contributed by atoms with E-state index >= 15 is 0 Å². The third-order valence-electron chi connectivity index (χ3n) is 2.38. The highest BCUT2D eigenvalue weighted by Gasteiger charge is 2.33. The molecule has 0 amide bonds. The smallest absolute Gasteiger partial charge is 0.399 e. The van der Waals surface area contributed by atoms with E-state index in [1.54, 1.807) is 6.08 Å². The van der Waals surface area contributed by atoms with Crippen LogP contribution in [0.25, 0.3) is 0 Å². The van der Waals surface area contributed by atoms with E-state index in [4.69, 9.17) is 10.5 Å². The highest BCUT2D eigenvalue weighted by atomic mass is 19.4. The Kier molecular flexibility index (Phi) is 5.69. The average molecular weight is 274 g/mol. The molecule has 6 heteroatoms. The monoisotopic (exact) mass is 274 g/mol. The molecule has 0 unspecified atom stereocenters. The summed E-state index contributed by atoms with van der Waals surface area (Å²) in [6, 6.07) is 3.67. The first-order valence-corrected chi connectivity index (χ1v) is 5.84. The first-order valence-electron chi connectivity index (χ1n) is 5.84. The van der Waals surface area contributed by atoms with Crippen molar-refractivity contribution in [3.05, 3.63) is 36.4 Å². The number of nitrogens with one attached hydrogen (secondary N) is 1. The summed E-state index contributed by atoms with van der Waals surface area (Å²) in [5, 5.41) is 2.70. The molecule has 19 heavy (non-hydrogen) atoms. The molecule has 0 aromatic heterocycles. The summed E-state index contributed by atoms with van der Waals surface area (Å²) in [6.45, 7) is 4.68. The van der Waals surface area contributed by atoms with Gasteiger partial charge in [-0.3, -0.25) is 0 Å². The lowest BCUT2D eigenvalue weighted by Gasteiger charge is -2.15. The number of hydrogen-bond donors (Lipinski definition) is 2. The lowest BCUT2D eigenvalue weighted by molar-refractivity contribution is -0.136. The van der Waals surface area contributed by atoms with Crippen molar-refractivity contribution >= 4 is 11.4 Å². The molecule has 0 aliphatic heterocycles. The van der Waals surface area contributed by atoms with E-state index in [2.05, 4.69) is 11.9 Å². The third kappa shape index (κ3) is 5.21. The quantitative estimate of drug-likeness (QED) is 0.455. The number of anilines is 2. The van der Waals surface area contributed by atoms with Crippen LogP contribution in [0.5, 0.6) is 0 Å². The Morgan fingerprint density at radius 2 is 2.05 bits per heavy atom. The summed E-state index contributed by atoms with van der Waals surface area (Å²) in [5.74, 6) is 0. The zero-order chi connectivity index (χ0) is 14.3. The maximum Gasteiger partial charge on any atom is 0.418 e. The van der Waals surface area contributed by atoms with Gasteiger partial charge in [0.1, 0.15) is 0 Å². The normalized spacial score (nSPS) is 11.3. The summed E-state index contributed by atoms with van der Waals surface area (Å²) in [7, 11) is 0. The van der Waals surface area contributed by atoms with Gasteiger partial charge >= 0.3 is 6.18 Å². The van der Waals surface area contributed by atoms with Crippen molar-refractivity contribution in [2.75, 3.05) is 30.8 Å². The van der Waals surface area contributed by atoms with Gasteiger partial charge in [-0.05, 0) is 24.6 Å². The molecule has 1 aromatic rings. The Balaban J connectivity index is 2.56. The molecule has 1 aromatic carbocycles. The predicted molar refractivity (Wildman–Crippen MR) is 70.0 cm³/mol. The fourth-order valence-corrected chi connectivity index (χ4v) is 1.48. The minimum atomic E-state index is -4.43. The van der Waals surface area contributed by atoms with Crippen molar-refractivity contribution in [1.82, 2.24) is 0 Å². The predicted octanol–water partition coefficient (Wildman–Crippen LogP) is 3.29. The van der Waals surface area contributed by atoms with E-state index in [0.717, 1.165) is 12.5 Å². The highest BCUT2D eigenvalue weighted by Crippen LogP contribution is 2.35. The molecule has 0 spiro atoms. The minimum Gasteiger partial charge on any atom is -0.399 e. The zero-order valence-corrected chi connectivity index (χ0v) is 10.5. The summed E-state index contributed by atoms with van der Waals surface area (Å²) >= 11 is 0. The number of ether oxygens (including phenoxy) is 1. The topological polar surface area (TPSA) is 47.3 Å².